The van der Waals surface area contributed by atoms with Gasteiger partial charge in [0.25, 0.3) is 0 Å². The van der Waals surface area contributed by atoms with Crippen molar-refractivity contribution in [2.75, 3.05) is 61.9 Å². The maximum Gasteiger partial charge on any atom is 0.325 e. The molecule has 2 amide bonds. The Morgan fingerprint density at radius 3 is 2.11 bits per heavy atom. The van der Waals surface area contributed by atoms with Gasteiger partial charge in [0.1, 0.15) is 13.9 Å². The highest BCUT2D eigenvalue weighted by Crippen LogP contribution is 2.41. The van der Waals surface area contributed by atoms with E-state index in [0.29, 0.717) is 40.6 Å². The zero-order valence-corrected chi connectivity index (χ0v) is 30.4. The first-order chi connectivity index (χ1) is 21.8. The molecule has 4 heterocycles. The molecule has 46 heavy (non-hydrogen) atoms. The lowest BCUT2D eigenvalue weighted by Crippen LogP contribution is -2.44. The van der Waals surface area contributed by atoms with Gasteiger partial charge in [-0.3, -0.25) is 4.90 Å². The summed E-state index contributed by atoms with van der Waals surface area (Å²) in [7, 11) is 2.01. The van der Waals surface area contributed by atoms with Crippen molar-refractivity contribution >= 4 is 48.3 Å². The summed E-state index contributed by atoms with van der Waals surface area (Å²) in [5.41, 5.74) is 8.86. The molecule has 1 unspecified atom stereocenters. The predicted molar refractivity (Wildman–Crippen MR) is 194 cm³/mol. The normalized spacial score (nSPS) is 18.0. The van der Waals surface area contributed by atoms with E-state index in [1.54, 1.807) is 4.90 Å². The topological polar surface area (TPSA) is 80.7 Å². The fraction of sp³-hybridized carbons (Fsp3) is 0.556. The molecule has 2 saturated heterocycles. The lowest BCUT2D eigenvalue weighted by molar-refractivity contribution is 0.229. The van der Waals surface area contributed by atoms with Crippen molar-refractivity contribution in [3.8, 4) is 11.5 Å². The minimum absolute atomic E-state index is 0.0111. The summed E-state index contributed by atoms with van der Waals surface area (Å²) < 4.78 is 0. The van der Waals surface area contributed by atoms with Crippen molar-refractivity contribution in [2.45, 2.75) is 78.1 Å². The number of carbonyl (C=O) groups excluding carboxylic acids is 1. The van der Waals surface area contributed by atoms with Gasteiger partial charge in [0.2, 0.25) is 5.95 Å². The first-order valence-electron chi connectivity index (χ1n) is 16.9. The van der Waals surface area contributed by atoms with E-state index in [-0.39, 0.29) is 18.0 Å². The number of rotatable bonds is 8. The molecule has 1 N–H and O–H groups in total. The molecule has 2 aromatic heterocycles. The summed E-state index contributed by atoms with van der Waals surface area (Å²) in [5.74, 6) is 4.95. The molecule has 3 aromatic rings. The maximum absolute atomic E-state index is 13.5. The van der Waals surface area contributed by atoms with Crippen LogP contribution in [0.4, 0.5) is 27.9 Å². The Balaban J connectivity index is 1.56. The monoisotopic (exact) mass is 640 g/mol. The standard InChI is InChI=1S/C36H52N8OSi/c1-24(2)32-23-42(10)36(45)44(32)33-21-28(15-20-46(25(3)4,26(5)6)27(7)8)31-22-37-35(40-34(31)39-33)38-29-11-13-30(14-12-29)43-18-16-41(9)17-19-43/h11-14,21-22,24-27,32H,16-19,23H2,1-10H3,(H,37,38,39,40). The van der Waals surface area contributed by atoms with Gasteiger partial charge in [-0.25, -0.2) is 14.8 Å². The van der Waals surface area contributed by atoms with Crippen LogP contribution in [0.2, 0.25) is 16.6 Å². The fourth-order valence-electron chi connectivity index (χ4n) is 7.38. The average Bonchev–Trinajstić information content (AvgIpc) is 3.31. The summed E-state index contributed by atoms with van der Waals surface area (Å²) in [6.45, 7) is 23.1. The Morgan fingerprint density at radius 1 is 0.891 bits per heavy atom. The van der Waals surface area contributed by atoms with Gasteiger partial charge in [0, 0.05) is 62.9 Å². The van der Waals surface area contributed by atoms with Crippen molar-refractivity contribution in [3.05, 3.63) is 42.1 Å². The molecule has 0 saturated carbocycles. The van der Waals surface area contributed by atoms with Gasteiger partial charge >= 0.3 is 6.03 Å². The summed E-state index contributed by atoms with van der Waals surface area (Å²) in [6, 6.07) is 10.4. The number of hydrogen-bond donors (Lipinski definition) is 1. The molecule has 9 nitrogen and oxygen atoms in total. The first kappa shape index (κ1) is 33.7. The number of piperazine rings is 1. The van der Waals surface area contributed by atoms with Crippen molar-refractivity contribution < 1.29 is 4.79 Å². The van der Waals surface area contributed by atoms with Crippen molar-refractivity contribution in [1.82, 2.24) is 24.8 Å². The van der Waals surface area contributed by atoms with E-state index in [1.807, 2.05) is 24.2 Å². The van der Waals surface area contributed by atoms with Crippen LogP contribution in [0, 0.1) is 17.4 Å². The van der Waals surface area contributed by atoms with Crippen LogP contribution in [0.3, 0.4) is 0 Å². The molecule has 0 spiro atoms. The number of likely N-dealkylation sites (N-methyl/N-ethyl adjacent to an activating group) is 2. The molecule has 246 valence electrons. The molecule has 1 atom stereocenters. The lowest BCUT2D eigenvalue weighted by Gasteiger charge is -2.38. The smallest absolute Gasteiger partial charge is 0.325 e. The first-order valence-corrected chi connectivity index (χ1v) is 19.1. The SMILES string of the molecule is CC(C)C1CN(C)C(=O)N1c1cc(C#C[Si](C(C)C)(C(C)C)C(C)C)c2cnc(Nc3ccc(N4CCN(C)CC4)cc3)nc2n1. The maximum atomic E-state index is 13.5. The number of carbonyl (C=O) groups is 1. The van der Waals surface area contributed by atoms with Crippen molar-refractivity contribution in [3.63, 3.8) is 0 Å². The van der Waals surface area contributed by atoms with E-state index in [2.05, 4.69) is 113 Å². The largest absolute Gasteiger partial charge is 0.369 e. The molecule has 2 fully saturated rings. The molecule has 10 heteroatoms. The van der Waals surface area contributed by atoms with Crippen LogP contribution in [0.5, 0.6) is 0 Å². The Kier molecular flexibility index (Phi) is 9.94. The Hall–Kier alpha value is -3.68. The van der Waals surface area contributed by atoms with E-state index in [1.165, 1.54) is 5.69 Å². The number of nitrogens with one attached hydrogen (secondary N) is 1. The highest BCUT2D eigenvalue weighted by molar-refractivity contribution is 6.90. The summed E-state index contributed by atoms with van der Waals surface area (Å²) in [4.78, 5) is 36.4. The molecule has 2 aliphatic rings. The zero-order chi connectivity index (χ0) is 33.3. The second-order valence-corrected chi connectivity index (χ2v) is 20.0. The highest BCUT2D eigenvalue weighted by Gasteiger charge is 2.42. The third-order valence-electron chi connectivity index (χ3n) is 10.2. The van der Waals surface area contributed by atoms with Gasteiger partial charge in [-0.15, -0.1) is 5.54 Å². The number of aromatic nitrogens is 3. The van der Waals surface area contributed by atoms with Crippen LogP contribution in [0.25, 0.3) is 11.0 Å². The van der Waals surface area contributed by atoms with E-state index >= 15 is 0 Å². The molecule has 0 aliphatic carbocycles. The number of pyridine rings is 1. The minimum atomic E-state index is -2.01. The summed E-state index contributed by atoms with van der Waals surface area (Å²) in [6.07, 6.45) is 1.82. The molecule has 5 rings (SSSR count). The van der Waals surface area contributed by atoms with Gasteiger partial charge < -0.3 is 20.0 Å². The van der Waals surface area contributed by atoms with Gasteiger partial charge in [-0.1, -0.05) is 61.3 Å². The molecule has 0 radical (unpaired) electrons. The summed E-state index contributed by atoms with van der Waals surface area (Å²) >= 11 is 0. The Bertz CT molecular complexity index is 1580. The molecular formula is C36H52N8OSi. The van der Waals surface area contributed by atoms with Gasteiger partial charge in [-0.2, -0.15) is 4.98 Å². The Labute approximate surface area is 276 Å². The lowest BCUT2D eigenvalue weighted by atomic mass is 10.0. The number of fused-ring (bicyclic) bond motifs is 1. The van der Waals surface area contributed by atoms with Gasteiger partial charge in [0.15, 0.2) is 5.65 Å². The van der Waals surface area contributed by atoms with Crippen LogP contribution in [-0.4, -0.2) is 91.7 Å². The molecule has 0 bridgehead atoms. The highest BCUT2D eigenvalue weighted by atomic mass is 28.3. The van der Waals surface area contributed by atoms with Gasteiger partial charge in [-0.05, 0) is 59.9 Å². The minimum Gasteiger partial charge on any atom is -0.369 e. The number of hydrogen-bond acceptors (Lipinski definition) is 7. The van der Waals surface area contributed by atoms with E-state index in [4.69, 9.17) is 15.0 Å². The van der Waals surface area contributed by atoms with Crippen molar-refractivity contribution in [2.24, 2.45) is 5.92 Å². The van der Waals surface area contributed by atoms with Crippen LogP contribution in [0.15, 0.2) is 36.5 Å². The second-order valence-electron chi connectivity index (χ2n) is 14.4. The summed E-state index contributed by atoms with van der Waals surface area (Å²) in [5, 5.41) is 4.18. The quantitative estimate of drug-likeness (QED) is 0.210. The third kappa shape index (κ3) is 6.58. The van der Waals surface area contributed by atoms with E-state index < -0.39 is 8.07 Å². The average molecular weight is 641 g/mol. The van der Waals surface area contributed by atoms with Crippen molar-refractivity contribution in [1.29, 1.82) is 0 Å². The van der Waals surface area contributed by atoms with Crippen LogP contribution < -0.4 is 15.1 Å². The fourth-order valence-corrected chi connectivity index (χ4v) is 12.6. The van der Waals surface area contributed by atoms with Crippen LogP contribution in [0.1, 0.15) is 61.0 Å². The van der Waals surface area contributed by atoms with Crippen LogP contribution >= 0.6 is 0 Å². The van der Waals surface area contributed by atoms with Crippen LogP contribution in [-0.2, 0) is 0 Å². The van der Waals surface area contributed by atoms with E-state index in [9.17, 15) is 4.79 Å². The third-order valence-corrected chi connectivity index (χ3v) is 16.5. The number of benzene rings is 1. The second kappa shape index (κ2) is 13.6. The number of nitrogens with zero attached hydrogens (tertiary/aromatic N) is 7. The Morgan fingerprint density at radius 2 is 1.52 bits per heavy atom. The number of urea groups is 1. The predicted octanol–water partition coefficient (Wildman–Crippen LogP) is 6.99. The van der Waals surface area contributed by atoms with Gasteiger partial charge in [0.05, 0.1) is 11.4 Å². The molecule has 1 aromatic carbocycles. The van der Waals surface area contributed by atoms with E-state index in [0.717, 1.165) is 42.8 Å². The molecule has 2 aliphatic heterocycles. The number of amides is 2. The molecular weight excluding hydrogens is 589 g/mol. The number of anilines is 4. The zero-order valence-electron chi connectivity index (χ0n) is 29.4.